The van der Waals surface area contributed by atoms with E-state index in [-0.39, 0.29) is 5.91 Å². The van der Waals surface area contributed by atoms with E-state index in [0.29, 0.717) is 59.3 Å². The van der Waals surface area contributed by atoms with E-state index < -0.39 is 0 Å². The molecule has 37 heavy (non-hydrogen) atoms. The summed E-state index contributed by atoms with van der Waals surface area (Å²) in [5.41, 5.74) is 1.27. The lowest BCUT2D eigenvalue weighted by Gasteiger charge is -2.28. The summed E-state index contributed by atoms with van der Waals surface area (Å²) < 4.78 is 23.9. The van der Waals surface area contributed by atoms with Gasteiger partial charge in [-0.2, -0.15) is 0 Å². The van der Waals surface area contributed by atoms with Gasteiger partial charge >= 0.3 is 0 Å². The normalized spacial score (nSPS) is 14.1. The van der Waals surface area contributed by atoms with Gasteiger partial charge in [0.15, 0.2) is 16.6 Å². The molecule has 1 aliphatic heterocycles. The standard InChI is InChI=1S/C27H34ClN3O5S/c1-4-34-22-16-19(17-23(35-5-2)25(22)36-6-3)26(32)31(11-7-10-30-12-14-33-15-13-30)27-29-21-9-8-20(28)18-24(21)37-27/h8-9,16-18H,4-7,10-15H2,1-3H3. The predicted octanol–water partition coefficient (Wildman–Crippen LogP) is 5.51. The number of anilines is 1. The van der Waals surface area contributed by atoms with E-state index >= 15 is 0 Å². The van der Waals surface area contributed by atoms with Crippen molar-refractivity contribution in [2.75, 3.05) is 64.1 Å². The Morgan fingerprint density at radius 1 is 1.05 bits per heavy atom. The van der Waals surface area contributed by atoms with Gasteiger partial charge in [0.1, 0.15) is 0 Å². The smallest absolute Gasteiger partial charge is 0.260 e. The molecule has 0 unspecified atom stereocenters. The third-order valence-electron chi connectivity index (χ3n) is 5.93. The second-order valence-electron chi connectivity index (χ2n) is 8.47. The summed E-state index contributed by atoms with van der Waals surface area (Å²) in [4.78, 5) is 22.9. The van der Waals surface area contributed by atoms with Crippen molar-refractivity contribution in [2.24, 2.45) is 0 Å². The molecular weight excluding hydrogens is 514 g/mol. The van der Waals surface area contributed by atoms with E-state index in [2.05, 4.69) is 4.90 Å². The van der Waals surface area contributed by atoms with Gasteiger partial charge in [-0.05, 0) is 57.5 Å². The summed E-state index contributed by atoms with van der Waals surface area (Å²) in [6, 6.07) is 9.04. The van der Waals surface area contributed by atoms with E-state index in [1.807, 2.05) is 39.0 Å². The molecule has 0 aliphatic carbocycles. The summed E-state index contributed by atoms with van der Waals surface area (Å²) in [5, 5.41) is 1.27. The fourth-order valence-electron chi connectivity index (χ4n) is 4.23. The van der Waals surface area contributed by atoms with Gasteiger partial charge in [-0.25, -0.2) is 4.98 Å². The van der Waals surface area contributed by atoms with Crippen LogP contribution in [0.2, 0.25) is 5.02 Å². The number of thiazole rings is 1. The zero-order chi connectivity index (χ0) is 26.2. The van der Waals surface area contributed by atoms with Gasteiger partial charge in [-0.15, -0.1) is 0 Å². The maximum atomic E-state index is 14.0. The van der Waals surface area contributed by atoms with Crippen LogP contribution < -0.4 is 19.1 Å². The number of fused-ring (bicyclic) bond motifs is 1. The minimum absolute atomic E-state index is 0.169. The molecule has 0 bridgehead atoms. The molecule has 1 amide bonds. The topological polar surface area (TPSA) is 73.4 Å². The van der Waals surface area contributed by atoms with Crippen molar-refractivity contribution in [3.05, 3.63) is 40.9 Å². The molecule has 2 aromatic carbocycles. The Hall–Kier alpha value is -2.59. The number of hydrogen-bond acceptors (Lipinski definition) is 8. The number of hydrogen-bond donors (Lipinski definition) is 0. The van der Waals surface area contributed by atoms with Crippen molar-refractivity contribution in [2.45, 2.75) is 27.2 Å². The van der Waals surface area contributed by atoms with Gasteiger partial charge in [0.25, 0.3) is 5.91 Å². The molecule has 200 valence electrons. The molecule has 4 rings (SSSR count). The van der Waals surface area contributed by atoms with Gasteiger partial charge in [0, 0.05) is 36.8 Å². The zero-order valence-corrected chi connectivity index (χ0v) is 23.2. The Bertz CT molecular complexity index is 1170. The fourth-order valence-corrected chi connectivity index (χ4v) is 5.50. The van der Waals surface area contributed by atoms with Crippen LogP contribution in [0.3, 0.4) is 0 Å². The van der Waals surface area contributed by atoms with Crippen molar-refractivity contribution in [1.82, 2.24) is 9.88 Å². The van der Waals surface area contributed by atoms with Crippen LogP contribution in [0.5, 0.6) is 17.2 Å². The number of ether oxygens (including phenoxy) is 4. The van der Waals surface area contributed by atoms with E-state index in [1.54, 1.807) is 17.0 Å². The average molecular weight is 548 g/mol. The Balaban J connectivity index is 1.67. The molecule has 2 heterocycles. The molecule has 1 saturated heterocycles. The quantitative estimate of drug-likeness (QED) is 0.296. The van der Waals surface area contributed by atoms with E-state index in [9.17, 15) is 4.79 Å². The lowest BCUT2D eigenvalue weighted by molar-refractivity contribution is 0.0376. The molecule has 0 saturated carbocycles. The Labute approximate surface area is 227 Å². The lowest BCUT2D eigenvalue weighted by atomic mass is 10.1. The maximum absolute atomic E-state index is 14.0. The molecule has 1 aromatic heterocycles. The molecule has 3 aromatic rings. The zero-order valence-electron chi connectivity index (χ0n) is 21.6. The molecular formula is C27H34ClN3O5S. The number of nitrogens with zero attached hydrogens (tertiary/aromatic N) is 3. The van der Waals surface area contributed by atoms with Crippen LogP contribution in [0.1, 0.15) is 37.6 Å². The largest absolute Gasteiger partial charge is 0.490 e. The van der Waals surface area contributed by atoms with Crippen LogP contribution in [-0.2, 0) is 4.74 Å². The fraction of sp³-hybridized carbons (Fsp3) is 0.481. The van der Waals surface area contributed by atoms with Gasteiger partial charge in [-0.3, -0.25) is 14.6 Å². The monoisotopic (exact) mass is 547 g/mol. The van der Waals surface area contributed by atoms with E-state index in [4.69, 9.17) is 35.5 Å². The summed E-state index contributed by atoms with van der Waals surface area (Å²) in [7, 11) is 0. The highest BCUT2D eigenvalue weighted by Gasteiger charge is 2.25. The van der Waals surface area contributed by atoms with Crippen molar-refractivity contribution < 1.29 is 23.7 Å². The van der Waals surface area contributed by atoms with Gasteiger partial charge in [0.05, 0.1) is 43.3 Å². The number of benzene rings is 2. The van der Waals surface area contributed by atoms with Gasteiger partial charge < -0.3 is 18.9 Å². The van der Waals surface area contributed by atoms with Crippen LogP contribution in [0.15, 0.2) is 30.3 Å². The summed E-state index contributed by atoms with van der Waals surface area (Å²) >= 11 is 7.67. The van der Waals surface area contributed by atoms with Crippen LogP contribution in [0.4, 0.5) is 5.13 Å². The number of carbonyl (C=O) groups excluding carboxylic acids is 1. The molecule has 1 aliphatic rings. The van der Waals surface area contributed by atoms with Crippen LogP contribution in [0, 0.1) is 0 Å². The first kappa shape index (κ1) is 27.4. The maximum Gasteiger partial charge on any atom is 0.260 e. The Morgan fingerprint density at radius 3 is 2.38 bits per heavy atom. The summed E-state index contributed by atoms with van der Waals surface area (Å²) in [5.74, 6) is 1.32. The van der Waals surface area contributed by atoms with Crippen molar-refractivity contribution >= 4 is 44.2 Å². The molecule has 8 nitrogen and oxygen atoms in total. The number of amides is 1. The summed E-state index contributed by atoms with van der Waals surface area (Å²) in [6.45, 7) is 11.7. The highest BCUT2D eigenvalue weighted by Crippen LogP contribution is 2.40. The molecule has 1 fully saturated rings. The molecule has 0 radical (unpaired) electrons. The Kier molecular flexibility index (Phi) is 9.85. The SMILES string of the molecule is CCOc1cc(C(=O)N(CCCN2CCOCC2)c2nc3ccc(Cl)cc3s2)cc(OCC)c1OCC. The first-order chi connectivity index (χ1) is 18.0. The number of rotatable bonds is 12. The van der Waals surface area contributed by atoms with Crippen LogP contribution >= 0.6 is 22.9 Å². The Morgan fingerprint density at radius 2 is 1.73 bits per heavy atom. The second-order valence-corrected chi connectivity index (χ2v) is 9.92. The predicted molar refractivity (Wildman–Crippen MR) is 148 cm³/mol. The first-order valence-corrected chi connectivity index (χ1v) is 14.0. The molecule has 0 spiro atoms. The van der Waals surface area contributed by atoms with E-state index in [1.165, 1.54) is 11.3 Å². The molecule has 10 heteroatoms. The van der Waals surface area contributed by atoms with Crippen LogP contribution in [0.25, 0.3) is 10.2 Å². The van der Waals surface area contributed by atoms with Crippen molar-refractivity contribution in [3.8, 4) is 17.2 Å². The summed E-state index contributed by atoms with van der Waals surface area (Å²) in [6.07, 6.45) is 0.802. The molecule has 0 N–H and O–H groups in total. The lowest BCUT2D eigenvalue weighted by Crippen LogP contribution is -2.39. The van der Waals surface area contributed by atoms with Gasteiger partial charge in [0.2, 0.25) is 5.75 Å². The third kappa shape index (κ3) is 6.84. The highest BCUT2D eigenvalue weighted by atomic mass is 35.5. The highest BCUT2D eigenvalue weighted by molar-refractivity contribution is 7.22. The van der Waals surface area contributed by atoms with Crippen LogP contribution in [-0.4, -0.2) is 75.0 Å². The second kappa shape index (κ2) is 13.3. The number of halogens is 1. The number of morpholine rings is 1. The minimum Gasteiger partial charge on any atom is -0.490 e. The number of aromatic nitrogens is 1. The first-order valence-electron chi connectivity index (χ1n) is 12.8. The van der Waals surface area contributed by atoms with Crippen molar-refractivity contribution in [3.63, 3.8) is 0 Å². The molecule has 0 atom stereocenters. The number of carbonyl (C=O) groups is 1. The minimum atomic E-state index is -0.169. The van der Waals surface area contributed by atoms with Gasteiger partial charge in [-0.1, -0.05) is 22.9 Å². The van der Waals surface area contributed by atoms with Crippen molar-refractivity contribution in [1.29, 1.82) is 0 Å². The average Bonchev–Trinajstić information content (AvgIpc) is 3.31. The van der Waals surface area contributed by atoms with E-state index in [0.717, 1.165) is 49.5 Å². The third-order valence-corrected chi connectivity index (χ3v) is 7.21.